The minimum Gasteiger partial charge on any atom is -0.372 e. The van der Waals surface area contributed by atoms with E-state index in [1.807, 2.05) is 0 Å². The summed E-state index contributed by atoms with van der Waals surface area (Å²) in [5.74, 6) is 2.07. The second kappa shape index (κ2) is 3.33. The van der Waals surface area contributed by atoms with E-state index in [0.717, 1.165) is 31.3 Å². The molecule has 0 bridgehead atoms. The Balaban J connectivity index is 1.93. The zero-order chi connectivity index (χ0) is 9.38. The van der Waals surface area contributed by atoms with Crippen molar-refractivity contribution in [3.63, 3.8) is 0 Å². The van der Waals surface area contributed by atoms with Gasteiger partial charge in [-0.1, -0.05) is 0 Å². The molecule has 1 N–H and O–H groups in total. The normalized spacial score (nSPS) is 26.4. The van der Waals surface area contributed by atoms with E-state index >= 15 is 0 Å². The number of hydrogen-bond acceptors (Lipinski definition) is 4. The molecule has 0 aromatic carbocycles. The van der Waals surface area contributed by atoms with Crippen molar-refractivity contribution in [3.05, 3.63) is 11.6 Å². The van der Waals surface area contributed by atoms with E-state index in [1.165, 1.54) is 12.8 Å². The molecule has 5 heteroatoms. The third-order valence-electron chi connectivity index (χ3n) is 2.92. The van der Waals surface area contributed by atoms with Crippen molar-refractivity contribution in [1.29, 1.82) is 0 Å². The molecular formula is C9H14N4O. The summed E-state index contributed by atoms with van der Waals surface area (Å²) < 4.78 is 7.53. The van der Waals surface area contributed by atoms with Crippen molar-refractivity contribution in [2.24, 2.45) is 0 Å². The lowest BCUT2D eigenvalue weighted by Crippen LogP contribution is -2.23. The molecule has 0 saturated carbocycles. The maximum absolute atomic E-state index is 5.33. The predicted molar refractivity (Wildman–Crippen MR) is 49.7 cm³/mol. The van der Waals surface area contributed by atoms with Gasteiger partial charge >= 0.3 is 0 Å². The first-order valence-electron chi connectivity index (χ1n) is 5.18. The number of hydrogen-bond donors (Lipinski definition) is 1. The van der Waals surface area contributed by atoms with Crippen molar-refractivity contribution in [1.82, 2.24) is 20.1 Å². The number of ether oxygens (including phenoxy) is 1. The molecule has 2 aliphatic rings. The van der Waals surface area contributed by atoms with Crippen LogP contribution >= 0.6 is 0 Å². The van der Waals surface area contributed by atoms with E-state index in [1.54, 1.807) is 0 Å². The topological polar surface area (TPSA) is 52.0 Å². The average molecular weight is 194 g/mol. The molecule has 76 valence electrons. The Morgan fingerprint density at radius 2 is 2.43 bits per heavy atom. The average Bonchev–Trinajstić information content (AvgIpc) is 2.85. The molecule has 0 amide bonds. The van der Waals surface area contributed by atoms with Crippen LogP contribution in [0, 0.1) is 0 Å². The van der Waals surface area contributed by atoms with Gasteiger partial charge in [0.25, 0.3) is 0 Å². The highest BCUT2D eigenvalue weighted by atomic mass is 16.5. The van der Waals surface area contributed by atoms with Crippen LogP contribution in [0.3, 0.4) is 0 Å². The molecule has 1 saturated heterocycles. The number of rotatable bonds is 1. The summed E-state index contributed by atoms with van der Waals surface area (Å²) in [5.41, 5.74) is 0. The Bertz CT molecular complexity index is 330. The van der Waals surface area contributed by atoms with E-state index in [2.05, 4.69) is 20.1 Å². The van der Waals surface area contributed by atoms with E-state index in [-0.39, 0.29) is 0 Å². The van der Waals surface area contributed by atoms with Gasteiger partial charge < -0.3 is 14.6 Å². The number of aromatic nitrogens is 3. The largest absolute Gasteiger partial charge is 0.372 e. The molecule has 0 unspecified atom stereocenters. The summed E-state index contributed by atoms with van der Waals surface area (Å²) in [4.78, 5) is 0. The first-order chi connectivity index (χ1) is 6.95. The Morgan fingerprint density at radius 1 is 1.43 bits per heavy atom. The standard InChI is InChI=1S/C9H14N4O/c1-2-7(10-3-1)9-12-11-8-6-14-5-4-13(8)9/h7,10H,1-6H2/t7-/m1/s1. The van der Waals surface area contributed by atoms with Crippen molar-refractivity contribution in [2.45, 2.75) is 32.0 Å². The first-order valence-corrected chi connectivity index (χ1v) is 5.18. The lowest BCUT2D eigenvalue weighted by atomic mass is 10.2. The van der Waals surface area contributed by atoms with Gasteiger partial charge in [0, 0.05) is 6.54 Å². The van der Waals surface area contributed by atoms with E-state index in [9.17, 15) is 0 Å². The highest BCUT2D eigenvalue weighted by Gasteiger charge is 2.25. The van der Waals surface area contributed by atoms with Crippen LogP contribution in [-0.2, 0) is 17.9 Å². The summed E-state index contributed by atoms with van der Waals surface area (Å²) in [6, 6.07) is 0.411. The zero-order valence-corrected chi connectivity index (χ0v) is 8.07. The summed E-state index contributed by atoms with van der Waals surface area (Å²) in [7, 11) is 0. The minimum absolute atomic E-state index is 0.411. The lowest BCUT2D eigenvalue weighted by Gasteiger charge is -2.17. The van der Waals surface area contributed by atoms with Crippen LogP contribution in [-0.4, -0.2) is 27.9 Å². The van der Waals surface area contributed by atoms with Crippen molar-refractivity contribution < 1.29 is 4.74 Å². The Labute approximate surface area is 82.5 Å². The van der Waals surface area contributed by atoms with Gasteiger partial charge in [0.2, 0.25) is 0 Å². The van der Waals surface area contributed by atoms with E-state index in [0.29, 0.717) is 12.6 Å². The molecular weight excluding hydrogens is 180 g/mol. The number of nitrogens with zero attached hydrogens (tertiary/aromatic N) is 3. The molecule has 0 spiro atoms. The Morgan fingerprint density at radius 3 is 3.29 bits per heavy atom. The van der Waals surface area contributed by atoms with Crippen molar-refractivity contribution in [3.8, 4) is 0 Å². The maximum Gasteiger partial charge on any atom is 0.159 e. The van der Waals surface area contributed by atoms with Gasteiger partial charge in [0.15, 0.2) is 5.82 Å². The van der Waals surface area contributed by atoms with Gasteiger partial charge in [-0.3, -0.25) is 0 Å². The van der Waals surface area contributed by atoms with Crippen LogP contribution in [0.2, 0.25) is 0 Å². The van der Waals surface area contributed by atoms with Crippen LogP contribution in [0.15, 0.2) is 0 Å². The molecule has 1 atom stereocenters. The molecule has 0 aliphatic carbocycles. The van der Waals surface area contributed by atoms with Gasteiger partial charge in [-0.15, -0.1) is 10.2 Å². The third-order valence-corrected chi connectivity index (χ3v) is 2.92. The summed E-state index contributed by atoms with van der Waals surface area (Å²) in [6.07, 6.45) is 2.42. The van der Waals surface area contributed by atoms with Crippen LogP contribution in [0.1, 0.15) is 30.5 Å². The highest BCUT2D eigenvalue weighted by molar-refractivity contribution is 5.03. The summed E-state index contributed by atoms with van der Waals surface area (Å²) in [6.45, 7) is 3.39. The third kappa shape index (κ3) is 1.24. The van der Waals surface area contributed by atoms with Gasteiger partial charge in [-0.05, 0) is 19.4 Å². The summed E-state index contributed by atoms with van der Waals surface area (Å²) >= 11 is 0. The number of nitrogens with one attached hydrogen (secondary N) is 1. The van der Waals surface area contributed by atoms with Gasteiger partial charge in [0.1, 0.15) is 12.4 Å². The monoisotopic (exact) mass is 194 g/mol. The van der Waals surface area contributed by atoms with Crippen LogP contribution in [0.25, 0.3) is 0 Å². The molecule has 5 nitrogen and oxygen atoms in total. The molecule has 1 aromatic heterocycles. The quantitative estimate of drug-likeness (QED) is 0.695. The van der Waals surface area contributed by atoms with E-state index in [4.69, 9.17) is 4.74 Å². The second-order valence-electron chi connectivity index (χ2n) is 3.83. The van der Waals surface area contributed by atoms with Crippen LogP contribution in [0.5, 0.6) is 0 Å². The SMILES string of the molecule is C1CN[C@@H](c2nnc3n2CCOC3)C1. The van der Waals surface area contributed by atoms with Crippen molar-refractivity contribution >= 4 is 0 Å². The fourth-order valence-electron chi connectivity index (χ4n) is 2.18. The fourth-order valence-corrected chi connectivity index (χ4v) is 2.18. The van der Waals surface area contributed by atoms with Crippen LogP contribution < -0.4 is 5.32 Å². The van der Waals surface area contributed by atoms with Crippen LogP contribution in [0.4, 0.5) is 0 Å². The predicted octanol–water partition coefficient (Wildman–Crippen LogP) is 0.233. The molecule has 2 aliphatic heterocycles. The molecule has 14 heavy (non-hydrogen) atoms. The maximum atomic E-state index is 5.33. The lowest BCUT2D eigenvalue weighted by molar-refractivity contribution is 0.0801. The zero-order valence-electron chi connectivity index (χ0n) is 8.07. The molecule has 3 rings (SSSR count). The van der Waals surface area contributed by atoms with Gasteiger partial charge in [0.05, 0.1) is 12.6 Å². The molecule has 3 heterocycles. The highest BCUT2D eigenvalue weighted by Crippen LogP contribution is 2.23. The molecule has 0 radical (unpaired) electrons. The first kappa shape index (κ1) is 8.38. The van der Waals surface area contributed by atoms with Crippen molar-refractivity contribution in [2.75, 3.05) is 13.2 Å². The second-order valence-corrected chi connectivity index (χ2v) is 3.83. The fraction of sp³-hybridized carbons (Fsp3) is 0.778. The van der Waals surface area contributed by atoms with E-state index < -0.39 is 0 Å². The minimum atomic E-state index is 0.411. The number of fused-ring (bicyclic) bond motifs is 1. The Kier molecular flexibility index (Phi) is 1.99. The molecule has 1 aromatic rings. The smallest absolute Gasteiger partial charge is 0.159 e. The summed E-state index contributed by atoms with van der Waals surface area (Å²) in [5, 5.41) is 11.8. The van der Waals surface area contributed by atoms with Gasteiger partial charge in [-0.2, -0.15) is 0 Å². The van der Waals surface area contributed by atoms with Gasteiger partial charge in [-0.25, -0.2) is 0 Å². The molecule has 1 fully saturated rings. The Hall–Kier alpha value is -0.940.